The predicted molar refractivity (Wildman–Crippen MR) is 87.1 cm³/mol. The van der Waals surface area contributed by atoms with Gasteiger partial charge in [-0.15, -0.1) is 0 Å². The number of rotatable bonds is 4. The summed E-state index contributed by atoms with van der Waals surface area (Å²) >= 11 is 0. The number of carbonyl (C=O) groups is 2. The molecule has 0 aromatic heterocycles. The van der Waals surface area contributed by atoms with E-state index in [1.165, 1.54) is 19.2 Å². The fourth-order valence-electron chi connectivity index (χ4n) is 1.78. The van der Waals surface area contributed by atoms with Crippen LogP contribution in [-0.4, -0.2) is 35.4 Å². The number of anilines is 1. The van der Waals surface area contributed by atoms with E-state index in [0.717, 1.165) is 12.3 Å². The van der Waals surface area contributed by atoms with E-state index in [4.69, 9.17) is 9.84 Å². The fourth-order valence-corrected chi connectivity index (χ4v) is 1.78. The lowest BCUT2D eigenvalue weighted by Gasteiger charge is -2.08. The first kappa shape index (κ1) is 16.8. The number of benzene rings is 2. The standard InChI is InChI=1S/C16H15N3O5/c1-24-14-5-3-2-4-12(14)18-15(22)16(23)19-17-9-10-6-7-11(20)8-13(10)21/h2-9,20-21H,1H3,(H,18,22)(H,19,23)/b17-9+. The van der Waals surface area contributed by atoms with Crippen LogP contribution in [0.5, 0.6) is 17.2 Å². The number of amides is 2. The number of aromatic hydroxyl groups is 2. The van der Waals surface area contributed by atoms with E-state index in [2.05, 4.69) is 10.4 Å². The molecule has 124 valence electrons. The van der Waals surface area contributed by atoms with Crippen molar-refractivity contribution in [2.45, 2.75) is 0 Å². The third kappa shape index (κ3) is 4.23. The molecule has 0 bridgehead atoms. The van der Waals surface area contributed by atoms with Crippen LogP contribution < -0.4 is 15.5 Å². The van der Waals surface area contributed by atoms with Crippen molar-refractivity contribution >= 4 is 23.7 Å². The largest absolute Gasteiger partial charge is 0.508 e. The topological polar surface area (TPSA) is 120 Å². The van der Waals surface area contributed by atoms with Gasteiger partial charge in [0.15, 0.2) is 0 Å². The molecule has 0 unspecified atom stereocenters. The van der Waals surface area contributed by atoms with Crippen molar-refractivity contribution in [1.29, 1.82) is 0 Å². The summed E-state index contributed by atoms with van der Waals surface area (Å²) in [5.41, 5.74) is 2.64. The van der Waals surface area contributed by atoms with E-state index in [1.807, 2.05) is 5.43 Å². The Kier molecular flexibility index (Phi) is 5.35. The molecule has 2 aromatic rings. The van der Waals surface area contributed by atoms with Crippen LogP contribution in [-0.2, 0) is 9.59 Å². The minimum absolute atomic E-state index is 0.107. The zero-order chi connectivity index (χ0) is 17.5. The molecular formula is C16H15N3O5. The van der Waals surface area contributed by atoms with Crippen LogP contribution in [0.1, 0.15) is 5.56 Å². The van der Waals surface area contributed by atoms with Gasteiger partial charge in [0, 0.05) is 11.6 Å². The van der Waals surface area contributed by atoms with Crippen molar-refractivity contribution in [3.63, 3.8) is 0 Å². The average molecular weight is 329 g/mol. The normalized spacial score (nSPS) is 10.4. The van der Waals surface area contributed by atoms with Crippen LogP contribution in [0.4, 0.5) is 5.69 Å². The van der Waals surface area contributed by atoms with Crippen molar-refractivity contribution in [2.24, 2.45) is 5.10 Å². The molecule has 0 heterocycles. The van der Waals surface area contributed by atoms with Crippen LogP contribution in [0, 0.1) is 0 Å². The lowest BCUT2D eigenvalue weighted by atomic mass is 10.2. The molecule has 0 radical (unpaired) electrons. The third-order valence-electron chi connectivity index (χ3n) is 2.95. The number of ether oxygens (including phenoxy) is 1. The average Bonchev–Trinajstić information content (AvgIpc) is 2.57. The molecule has 0 spiro atoms. The lowest BCUT2D eigenvalue weighted by Crippen LogP contribution is -2.32. The monoisotopic (exact) mass is 329 g/mol. The fraction of sp³-hybridized carbons (Fsp3) is 0.0625. The molecule has 0 saturated carbocycles. The molecule has 0 fully saturated rings. The Bertz CT molecular complexity index is 789. The molecule has 0 saturated heterocycles. The summed E-state index contributed by atoms with van der Waals surface area (Å²) in [6.07, 6.45) is 1.14. The van der Waals surface area contributed by atoms with Gasteiger partial charge in [0.05, 0.1) is 19.0 Å². The minimum Gasteiger partial charge on any atom is -0.508 e. The zero-order valence-corrected chi connectivity index (χ0v) is 12.7. The first-order chi connectivity index (χ1) is 11.5. The maximum absolute atomic E-state index is 11.8. The first-order valence-electron chi connectivity index (χ1n) is 6.80. The molecule has 24 heavy (non-hydrogen) atoms. The van der Waals surface area contributed by atoms with Gasteiger partial charge in [-0.1, -0.05) is 12.1 Å². The van der Waals surface area contributed by atoms with Gasteiger partial charge in [-0.05, 0) is 24.3 Å². The Morgan fingerprint density at radius 1 is 1.12 bits per heavy atom. The van der Waals surface area contributed by atoms with Crippen molar-refractivity contribution in [3.05, 3.63) is 48.0 Å². The quantitative estimate of drug-likeness (QED) is 0.381. The molecule has 0 aliphatic heterocycles. The maximum atomic E-state index is 11.8. The van der Waals surface area contributed by atoms with Gasteiger partial charge in [0.25, 0.3) is 0 Å². The summed E-state index contributed by atoms with van der Waals surface area (Å²) in [6.45, 7) is 0. The number of hydrazone groups is 1. The van der Waals surface area contributed by atoms with E-state index in [9.17, 15) is 14.7 Å². The molecule has 8 nitrogen and oxygen atoms in total. The van der Waals surface area contributed by atoms with Gasteiger partial charge >= 0.3 is 11.8 Å². The van der Waals surface area contributed by atoms with Crippen molar-refractivity contribution in [3.8, 4) is 17.2 Å². The Morgan fingerprint density at radius 3 is 2.58 bits per heavy atom. The highest BCUT2D eigenvalue weighted by molar-refractivity contribution is 6.39. The molecule has 0 aliphatic rings. The molecule has 0 aliphatic carbocycles. The minimum atomic E-state index is -0.990. The number of nitrogens with one attached hydrogen (secondary N) is 2. The number of hydrogen-bond donors (Lipinski definition) is 4. The van der Waals surface area contributed by atoms with Gasteiger partial charge < -0.3 is 20.3 Å². The van der Waals surface area contributed by atoms with Crippen LogP contribution in [0.25, 0.3) is 0 Å². The van der Waals surface area contributed by atoms with Gasteiger partial charge in [0.1, 0.15) is 17.2 Å². The Labute approximate surface area is 137 Å². The van der Waals surface area contributed by atoms with Crippen LogP contribution >= 0.6 is 0 Å². The second kappa shape index (κ2) is 7.63. The number of phenols is 2. The van der Waals surface area contributed by atoms with Gasteiger partial charge in [-0.3, -0.25) is 9.59 Å². The summed E-state index contributed by atoms with van der Waals surface area (Å²) in [5.74, 6) is -1.82. The SMILES string of the molecule is COc1ccccc1NC(=O)C(=O)N/N=C/c1ccc(O)cc1O. The Balaban J connectivity index is 1.96. The summed E-state index contributed by atoms with van der Waals surface area (Å²) in [7, 11) is 1.44. The summed E-state index contributed by atoms with van der Waals surface area (Å²) in [6, 6.07) is 10.5. The number of para-hydroxylation sites is 2. The molecule has 0 atom stereocenters. The highest BCUT2D eigenvalue weighted by Crippen LogP contribution is 2.23. The number of hydrogen-bond acceptors (Lipinski definition) is 6. The highest BCUT2D eigenvalue weighted by atomic mass is 16.5. The van der Waals surface area contributed by atoms with Gasteiger partial charge in [-0.2, -0.15) is 5.10 Å². The van der Waals surface area contributed by atoms with Crippen LogP contribution in [0.15, 0.2) is 47.6 Å². The molecule has 8 heteroatoms. The highest BCUT2D eigenvalue weighted by Gasteiger charge is 2.14. The molecule has 2 rings (SSSR count). The molecule has 2 aromatic carbocycles. The van der Waals surface area contributed by atoms with Gasteiger partial charge in [-0.25, -0.2) is 5.43 Å². The maximum Gasteiger partial charge on any atom is 0.329 e. The van der Waals surface area contributed by atoms with E-state index in [-0.39, 0.29) is 17.1 Å². The summed E-state index contributed by atoms with van der Waals surface area (Å²) in [4.78, 5) is 23.5. The number of phenolic OH excluding ortho intramolecular Hbond substituents is 2. The number of nitrogens with zero attached hydrogens (tertiary/aromatic N) is 1. The van der Waals surface area contributed by atoms with Crippen molar-refractivity contribution in [2.75, 3.05) is 12.4 Å². The van der Waals surface area contributed by atoms with E-state index in [0.29, 0.717) is 11.4 Å². The lowest BCUT2D eigenvalue weighted by molar-refractivity contribution is -0.136. The second-order valence-electron chi connectivity index (χ2n) is 4.60. The van der Waals surface area contributed by atoms with Crippen molar-refractivity contribution < 1.29 is 24.5 Å². The van der Waals surface area contributed by atoms with Crippen molar-refractivity contribution in [1.82, 2.24) is 5.43 Å². The van der Waals surface area contributed by atoms with Crippen LogP contribution in [0.3, 0.4) is 0 Å². The van der Waals surface area contributed by atoms with Gasteiger partial charge in [0.2, 0.25) is 0 Å². The number of carbonyl (C=O) groups excluding carboxylic acids is 2. The summed E-state index contributed by atoms with van der Waals surface area (Å²) in [5, 5.41) is 24.7. The Morgan fingerprint density at radius 2 is 1.88 bits per heavy atom. The van der Waals surface area contributed by atoms with E-state index < -0.39 is 11.8 Å². The second-order valence-corrected chi connectivity index (χ2v) is 4.60. The predicted octanol–water partition coefficient (Wildman–Crippen LogP) is 1.20. The zero-order valence-electron chi connectivity index (χ0n) is 12.7. The molecular weight excluding hydrogens is 314 g/mol. The Hall–Kier alpha value is -3.55. The van der Waals surface area contributed by atoms with Crippen LogP contribution in [0.2, 0.25) is 0 Å². The third-order valence-corrected chi connectivity index (χ3v) is 2.95. The van der Waals surface area contributed by atoms with E-state index >= 15 is 0 Å². The first-order valence-corrected chi connectivity index (χ1v) is 6.80. The smallest absolute Gasteiger partial charge is 0.329 e. The molecule has 4 N–H and O–H groups in total. The van der Waals surface area contributed by atoms with E-state index in [1.54, 1.807) is 24.3 Å². The number of methoxy groups -OCH3 is 1. The molecule has 2 amide bonds. The summed E-state index contributed by atoms with van der Waals surface area (Å²) < 4.78 is 5.06.